The summed E-state index contributed by atoms with van der Waals surface area (Å²) in [5.41, 5.74) is 0. The molecule has 0 spiro atoms. The number of piperidine rings is 1. The van der Waals surface area contributed by atoms with E-state index in [0.29, 0.717) is 12.5 Å². The molecule has 1 aliphatic rings. The number of nitrogens with two attached hydrogens (primary N) is 1. The molecule has 1 unspecified atom stereocenters. The Kier molecular flexibility index (Phi) is 4.89. The number of sulfonamides is 1. The van der Waals surface area contributed by atoms with Gasteiger partial charge in [0.15, 0.2) is 0 Å². The molecular weight excluding hydrogens is 266 g/mol. The Bertz CT molecular complexity index is 473. The van der Waals surface area contributed by atoms with Crippen LogP contribution in [0.3, 0.4) is 0 Å². The molecule has 0 saturated carbocycles. The van der Waals surface area contributed by atoms with Gasteiger partial charge in [-0.3, -0.25) is 9.58 Å². The van der Waals surface area contributed by atoms with E-state index in [4.69, 9.17) is 5.14 Å². The minimum Gasteiger partial charge on any atom is -0.299 e. The molecule has 0 aromatic carbocycles. The molecule has 8 heteroatoms. The molecule has 1 fully saturated rings. The molecule has 1 aromatic rings. The molecule has 0 aliphatic carbocycles. The van der Waals surface area contributed by atoms with Crippen molar-refractivity contribution in [2.45, 2.75) is 38.3 Å². The number of rotatable bonds is 6. The zero-order valence-electron chi connectivity index (χ0n) is 11.0. The van der Waals surface area contributed by atoms with Gasteiger partial charge >= 0.3 is 0 Å². The van der Waals surface area contributed by atoms with Gasteiger partial charge in [-0.1, -0.05) is 6.42 Å². The van der Waals surface area contributed by atoms with Crippen LogP contribution in [0.25, 0.3) is 0 Å². The van der Waals surface area contributed by atoms with Gasteiger partial charge in [0.1, 0.15) is 12.7 Å². The monoisotopic (exact) mass is 287 g/mol. The molecule has 1 aliphatic heterocycles. The highest BCUT2D eigenvalue weighted by Gasteiger charge is 2.22. The van der Waals surface area contributed by atoms with Crippen LogP contribution in [-0.2, 0) is 16.6 Å². The second-order valence-corrected chi connectivity index (χ2v) is 6.76. The summed E-state index contributed by atoms with van der Waals surface area (Å²) in [4.78, 5) is 6.29. The Hall–Kier alpha value is -0.990. The van der Waals surface area contributed by atoms with Gasteiger partial charge in [-0.25, -0.2) is 18.5 Å². The van der Waals surface area contributed by atoms with Crippen LogP contribution in [0.2, 0.25) is 0 Å². The summed E-state index contributed by atoms with van der Waals surface area (Å²) in [7, 11) is -3.35. The Morgan fingerprint density at radius 3 is 2.89 bits per heavy atom. The van der Waals surface area contributed by atoms with Gasteiger partial charge in [-0.05, 0) is 32.4 Å². The molecule has 0 amide bonds. The molecule has 7 nitrogen and oxygen atoms in total. The number of likely N-dealkylation sites (tertiary alicyclic amines) is 1. The van der Waals surface area contributed by atoms with Crippen LogP contribution in [0.5, 0.6) is 0 Å². The van der Waals surface area contributed by atoms with Crippen molar-refractivity contribution in [3.63, 3.8) is 0 Å². The second-order valence-electron chi connectivity index (χ2n) is 5.02. The first kappa shape index (κ1) is 14.4. The van der Waals surface area contributed by atoms with Crippen molar-refractivity contribution < 1.29 is 8.42 Å². The molecule has 1 atom stereocenters. The Balaban J connectivity index is 1.85. The molecule has 2 N–H and O–H groups in total. The average Bonchev–Trinajstić information content (AvgIpc) is 2.82. The quantitative estimate of drug-likeness (QED) is 0.782. The van der Waals surface area contributed by atoms with Crippen molar-refractivity contribution in [3.8, 4) is 0 Å². The lowest BCUT2D eigenvalue weighted by molar-refractivity contribution is 0.130. The lowest BCUT2D eigenvalue weighted by Gasteiger charge is -2.35. The van der Waals surface area contributed by atoms with E-state index in [2.05, 4.69) is 15.0 Å². The fourth-order valence-electron chi connectivity index (χ4n) is 2.57. The lowest BCUT2D eigenvalue weighted by atomic mass is 10.0. The van der Waals surface area contributed by atoms with Gasteiger partial charge in [-0.2, -0.15) is 5.10 Å². The van der Waals surface area contributed by atoms with E-state index in [9.17, 15) is 8.42 Å². The van der Waals surface area contributed by atoms with E-state index in [1.807, 2.05) is 4.68 Å². The molecule has 0 radical (unpaired) electrons. The van der Waals surface area contributed by atoms with Crippen LogP contribution in [0.15, 0.2) is 12.7 Å². The molecule has 108 valence electrons. The summed E-state index contributed by atoms with van der Waals surface area (Å²) in [6.07, 6.45) is 7.35. The molecule has 1 aromatic heterocycles. The molecule has 2 heterocycles. The SMILES string of the molecule is NS(=O)(=O)CCCN1CCCCC1Cn1cncn1. The minimum absolute atomic E-state index is 0.0551. The lowest BCUT2D eigenvalue weighted by Crippen LogP contribution is -2.43. The first-order chi connectivity index (χ1) is 9.04. The summed E-state index contributed by atoms with van der Waals surface area (Å²) in [6.45, 7) is 2.61. The fraction of sp³-hybridized carbons (Fsp3) is 0.818. The maximum absolute atomic E-state index is 10.9. The summed E-state index contributed by atoms with van der Waals surface area (Å²) >= 11 is 0. The summed E-state index contributed by atoms with van der Waals surface area (Å²) in [5.74, 6) is 0.0551. The van der Waals surface area contributed by atoms with Crippen molar-refractivity contribution >= 4 is 10.0 Å². The average molecular weight is 287 g/mol. The van der Waals surface area contributed by atoms with Crippen LogP contribution in [0, 0.1) is 0 Å². The molecule has 19 heavy (non-hydrogen) atoms. The molecule has 2 rings (SSSR count). The maximum Gasteiger partial charge on any atom is 0.209 e. The first-order valence-electron chi connectivity index (χ1n) is 6.61. The summed E-state index contributed by atoms with van der Waals surface area (Å²) in [5, 5.41) is 9.15. The van der Waals surface area contributed by atoms with Crippen molar-refractivity contribution in [3.05, 3.63) is 12.7 Å². The topological polar surface area (TPSA) is 94.1 Å². The van der Waals surface area contributed by atoms with Crippen molar-refractivity contribution in [2.24, 2.45) is 5.14 Å². The number of hydrogen-bond acceptors (Lipinski definition) is 5. The minimum atomic E-state index is -3.35. The highest BCUT2D eigenvalue weighted by atomic mass is 32.2. The maximum atomic E-state index is 10.9. The number of primary sulfonamides is 1. The van der Waals surface area contributed by atoms with Crippen LogP contribution >= 0.6 is 0 Å². The van der Waals surface area contributed by atoms with Crippen molar-refractivity contribution in [1.29, 1.82) is 0 Å². The van der Waals surface area contributed by atoms with E-state index in [1.54, 1.807) is 6.33 Å². The predicted octanol–water partition coefficient (Wildman–Crippen LogP) is -0.189. The van der Waals surface area contributed by atoms with E-state index >= 15 is 0 Å². The van der Waals surface area contributed by atoms with E-state index < -0.39 is 10.0 Å². The van der Waals surface area contributed by atoms with Gasteiger partial charge in [0.25, 0.3) is 0 Å². The molecule has 1 saturated heterocycles. The van der Waals surface area contributed by atoms with Crippen molar-refractivity contribution in [2.75, 3.05) is 18.8 Å². The third kappa shape index (κ3) is 4.88. The van der Waals surface area contributed by atoms with Gasteiger partial charge in [0.2, 0.25) is 10.0 Å². The largest absolute Gasteiger partial charge is 0.299 e. The number of nitrogens with zero attached hydrogens (tertiary/aromatic N) is 4. The van der Waals surface area contributed by atoms with Crippen LogP contribution < -0.4 is 5.14 Å². The summed E-state index contributed by atoms with van der Waals surface area (Å²) < 4.78 is 23.7. The number of hydrogen-bond donors (Lipinski definition) is 1. The predicted molar refractivity (Wildman–Crippen MR) is 71.8 cm³/mol. The van der Waals surface area contributed by atoms with Crippen molar-refractivity contribution in [1.82, 2.24) is 19.7 Å². The van der Waals surface area contributed by atoms with Crippen LogP contribution in [0.1, 0.15) is 25.7 Å². The Morgan fingerprint density at radius 1 is 1.37 bits per heavy atom. The normalized spacial score (nSPS) is 21.6. The van der Waals surface area contributed by atoms with E-state index in [-0.39, 0.29) is 5.75 Å². The third-order valence-corrected chi connectivity index (χ3v) is 4.35. The summed E-state index contributed by atoms with van der Waals surface area (Å²) in [6, 6.07) is 0.413. The Labute approximate surface area is 113 Å². The first-order valence-corrected chi connectivity index (χ1v) is 8.33. The fourth-order valence-corrected chi connectivity index (χ4v) is 3.10. The van der Waals surface area contributed by atoms with Gasteiger partial charge in [0.05, 0.1) is 12.3 Å². The van der Waals surface area contributed by atoms with Gasteiger partial charge in [0, 0.05) is 6.04 Å². The molecule has 0 bridgehead atoms. The second kappa shape index (κ2) is 6.44. The standard InChI is InChI=1S/C11H21N5O2S/c12-19(17,18)7-3-6-15-5-2-1-4-11(15)8-16-10-13-9-14-16/h9-11H,1-8H2,(H2,12,17,18). The Morgan fingerprint density at radius 2 is 2.21 bits per heavy atom. The van der Waals surface area contributed by atoms with Crippen LogP contribution in [0.4, 0.5) is 0 Å². The van der Waals surface area contributed by atoms with E-state index in [1.165, 1.54) is 19.2 Å². The third-order valence-electron chi connectivity index (χ3n) is 3.49. The van der Waals surface area contributed by atoms with Crippen LogP contribution in [-0.4, -0.2) is 53.0 Å². The molecular formula is C11H21N5O2S. The van der Waals surface area contributed by atoms with E-state index in [0.717, 1.165) is 26.1 Å². The van der Waals surface area contributed by atoms with Gasteiger partial charge in [-0.15, -0.1) is 0 Å². The highest BCUT2D eigenvalue weighted by Crippen LogP contribution is 2.18. The van der Waals surface area contributed by atoms with Gasteiger partial charge < -0.3 is 0 Å². The number of aromatic nitrogens is 3. The smallest absolute Gasteiger partial charge is 0.209 e. The zero-order chi connectivity index (χ0) is 13.7. The highest BCUT2D eigenvalue weighted by molar-refractivity contribution is 7.89. The zero-order valence-corrected chi connectivity index (χ0v) is 11.8.